The van der Waals surface area contributed by atoms with Crippen molar-refractivity contribution in [2.24, 2.45) is 16.6 Å². The van der Waals surface area contributed by atoms with Crippen molar-refractivity contribution < 1.29 is 57.2 Å². The average Bonchev–Trinajstić information content (AvgIpc) is 2.14. The van der Waals surface area contributed by atoms with Crippen LogP contribution in [0.25, 0.3) is 0 Å². The molecule has 3 N–H and O–H groups in total. The zero-order valence-corrected chi connectivity index (χ0v) is 10.8. The molecule has 0 aromatic heterocycles. The molecule has 1 amide bonds. The number of hydrogen-bond acceptors (Lipinski definition) is 4. The molecule has 0 aliphatic heterocycles. The van der Waals surface area contributed by atoms with Crippen LogP contribution >= 0.6 is 0 Å². The number of ketones is 2. The van der Waals surface area contributed by atoms with Gasteiger partial charge >= 0.3 is 0 Å². The zero-order valence-electron chi connectivity index (χ0n) is 10.1. The van der Waals surface area contributed by atoms with Crippen LogP contribution in [0.5, 0.6) is 0 Å². The third-order valence-corrected chi connectivity index (χ3v) is 3.01. The van der Waals surface area contributed by atoms with Crippen molar-refractivity contribution in [2.45, 2.75) is 27.7 Å². The largest absolute Gasteiger partial charge is 0.510 e. The molecular formula is C11H15ArNO4. The van der Waals surface area contributed by atoms with E-state index in [1.54, 1.807) is 0 Å². The summed E-state index contributed by atoms with van der Waals surface area (Å²) in [7, 11) is 0. The van der Waals surface area contributed by atoms with Gasteiger partial charge in [0.1, 0.15) is 11.3 Å². The number of carbonyl (C=O) groups excluding carboxylic acids is 3. The van der Waals surface area contributed by atoms with E-state index >= 15 is 0 Å². The molecule has 1 aliphatic rings. The molecule has 0 heterocycles. The minimum atomic E-state index is -1.33. The van der Waals surface area contributed by atoms with E-state index in [4.69, 9.17) is 5.73 Å². The molecule has 0 saturated heterocycles. The van der Waals surface area contributed by atoms with Crippen LogP contribution in [0.2, 0.25) is 0 Å². The van der Waals surface area contributed by atoms with Gasteiger partial charge in [-0.2, -0.15) is 0 Å². The summed E-state index contributed by atoms with van der Waals surface area (Å²) in [6.45, 7) is 5.77. The van der Waals surface area contributed by atoms with E-state index < -0.39 is 39.6 Å². The van der Waals surface area contributed by atoms with E-state index in [1.165, 1.54) is 27.7 Å². The number of hydrogen-bond donors (Lipinski definition) is 2. The van der Waals surface area contributed by atoms with Crippen LogP contribution in [0.4, 0.5) is 0 Å². The minimum absolute atomic E-state index is 0. The van der Waals surface area contributed by atoms with Crippen molar-refractivity contribution in [3.63, 3.8) is 0 Å². The van der Waals surface area contributed by atoms with E-state index in [0.717, 1.165) is 0 Å². The van der Waals surface area contributed by atoms with Gasteiger partial charge in [-0.25, -0.2) is 0 Å². The predicted molar refractivity (Wildman–Crippen MR) is 56.4 cm³/mol. The molecule has 1 aliphatic carbocycles. The minimum Gasteiger partial charge on any atom is -0.510 e. The van der Waals surface area contributed by atoms with Crippen LogP contribution in [0.15, 0.2) is 11.3 Å². The summed E-state index contributed by atoms with van der Waals surface area (Å²) in [6, 6.07) is 0. The van der Waals surface area contributed by atoms with Crippen LogP contribution < -0.4 is 5.73 Å². The van der Waals surface area contributed by atoms with Crippen LogP contribution in [0, 0.1) is 48.6 Å². The molecule has 96 valence electrons. The Hall–Kier alpha value is -0.390. The predicted octanol–water partition coefficient (Wildman–Crippen LogP) is 0.488. The van der Waals surface area contributed by atoms with Crippen molar-refractivity contribution in [3.05, 3.63) is 11.3 Å². The van der Waals surface area contributed by atoms with Crippen molar-refractivity contribution in [1.82, 2.24) is 0 Å². The van der Waals surface area contributed by atoms with Gasteiger partial charge in [0.15, 0.2) is 11.6 Å². The number of amides is 1. The summed E-state index contributed by atoms with van der Waals surface area (Å²) < 4.78 is 0. The first-order valence-electron chi connectivity index (χ1n) is 4.87. The molecule has 0 aromatic carbocycles. The Labute approximate surface area is 129 Å². The van der Waals surface area contributed by atoms with E-state index in [9.17, 15) is 19.5 Å². The second-order valence-corrected chi connectivity index (χ2v) is 5.00. The van der Waals surface area contributed by atoms with E-state index in [-0.39, 0.29) is 37.7 Å². The molecule has 0 radical (unpaired) electrons. The van der Waals surface area contributed by atoms with Gasteiger partial charge in [0.05, 0.1) is 10.8 Å². The Morgan fingerprint density at radius 2 is 1.53 bits per heavy atom. The monoisotopic (exact) mass is 265 g/mol. The number of primary amides is 1. The number of allylic oxidation sites excluding steroid dienone is 1. The molecule has 5 nitrogen and oxygen atoms in total. The third-order valence-electron chi connectivity index (χ3n) is 3.01. The maximum atomic E-state index is 12.0. The van der Waals surface area contributed by atoms with Crippen molar-refractivity contribution in [2.75, 3.05) is 0 Å². The number of rotatable bonds is 1. The summed E-state index contributed by atoms with van der Waals surface area (Å²) in [4.78, 5) is 35.0. The summed E-state index contributed by atoms with van der Waals surface area (Å²) in [5.74, 6) is -2.68. The van der Waals surface area contributed by atoms with Gasteiger partial charge in [0.25, 0.3) is 5.91 Å². The second-order valence-electron chi connectivity index (χ2n) is 5.00. The van der Waals surface area contributed by atoms with Gasteiger partial charge in [-0.05, 0) is 27.7 Å². The number of Topliss-reactive ketones (excluding diaryl/α,β-unsaturated/α-hetero) is 2. The fraction of sp³-hybridized carbons (Fsp3) is 0.545. The molecule has 0 atom stereocenters. The summed E-state index contributed by atoms with van der Waals surface area (Å²) in [6.07, 6.45) is 0. The summed E-state index contributed by atoms with van der Waals surface area (Å²) in [5.41, 5.74) is 1.99. The number of aliphatic hydroxyl groups excluding tert-OH is 1. The van der Waals surface area contributed by atoms with Crippen LogP contribution in [0.3, 0.4) is 0 Å². The standard InChI is InChI=1S/C11H15NO4.Ar/c1-10(2)6(13)5(8(12)15)7(14)11(3,4)9(10)16;/h13H,1-4H3,(H2,12,15);. The SMILES string of the molecule is CC1(C)C(=O)C(C(N)=O)=C(O)C(C)(C)C1=O.[Ar]. The molecule has 0 unspecified atom stereocenters. The van der Waals surface area contributed by atoms with Gasteiger partial charge in [0, 0.05) is 37.7 Å². The molecule has 0 spiro atoms. The summed E-state index contributed by atoms with van der Waals surface area (Å²) in [5, 5.41) is 9.78. The fourth-order valence-electron chi connectivity index (χ4n) is 1.95. The van der Waals surface area contributed by atoms with Gasteiger partial charge in [-0.1, -0.05) is 0 Å². The Kier molecular flexibility index (Phi) is 4.60. The first-order chi connectivity index (χ1) is 7.04. The van der Waals surface area contributed by atoms with Gasteiger partial charge < -0.3 is 10.8 Å². The second kappa shape index (κ2) is 4.71. The van der Waals surface area contributed by atoms with Gasteiger partial charge in [0.2, 0.25) is 0 Å². The number of carbonyl (C=O) groups is 3. The Bertz CT molecular complexity index is 435. The van der Waals surface area contributed by atoms with Crippen molar-refractivity contribution >= 4 is 17.5 Å². The van der Waals surface area contributed by atoms with Crippen LogP contribution in [-0.4, -0.2) is 22.6 Å². The quantitative estimate of drug-likeness (QED) is 0.532. The van der Waals surface area contributed by atoms with Crippen LogP contribution in [-0.2, 0) is 14.4 Å². The molecule has 6 heteroatoms. The molecule has 0 bridgehead atoms. The number of nitrogens with two attached hydrogens (primary N) is 1. The van der Waals surface area contributed by atoms with Gasteiger partial charge in [-0.15, -0.1) is 0 Å². The Balaban J connectivity index is 0.00000256. The van der Waals surface area contributed by atoms with Crippen molar-refractivity contribution in [1.29, 1.82) is 0 Å². The van der Waals surface area contributed by atoms with E-state index in [0.29, 0.717) is 0 Å². The van der Waals surface area contributed by atoms with Crippen LogP contribution in [0.1, 0.15) is 27.7 Å². The third kappa shape index (κ3) is 2.28. The first kappa shape index (κ1) is 16.6. The maximum Gasteiger partial charge on any atom is 0.255 e. The normalized spacial score (nSPS) is 22.1. The zero-order chi connectivity index (χ0) is 12.9. The van der Waals surface area contributed by atoms with E-state index in [2.05, 4.69) is 0 Å². The molecule has 0 aromatic rings. The molecule has 17 heavy (non-hydrogen) atoms. The molecular weight excluding hydrogens is 250 g/mol. The van der Waals surface area contributed by atoms with Crippen molar-refractivity contribution in [3.8, 4) is 0 Å². The average molecular weight is 265 g/mol. The molecule has 0 saturated carbocycles. The smallest absolute Gasteiger partial charge is 0.255 e. The Morgan fingerprint density at radius 1 is 1.12 bits per heavy atom. The molecule has 1 rings (SSSR count). The van der Waals surface area contributed by atoms with E-state index in [1.807, 2.05) is 0 Å². The first-order valence-corrected chi connectivity index (χ1v) is 4.87. The van der Waals surface area contributed by atoms with Gasteiger partial charge in [-0.3, -0.25) is 14.4 Å². The number of aliphatic hydroxyl groups is 1. The summed E-state index contributed by atoms with van der Waals surface area (Å²) >= 11 is 0. The maximum absolute atomic E-state index is 12.0. The molecule has 0 fully saturated rings. The fourth-order valence-corrected chi connectivity index (χ4v) is 1.95. The topological polar surface area (TPSA) is 97.5 Å². The Morgan fingerprint density at radius 3 is 1.88 bits per heavy atom.